The van der Waals surface area contributed by atoms with Crippen LogP contribution in [0.5, 0.6) is 0 Å². The number of carbonyl (C=O) groups excluding carboxylic acids is 4. The van der Waals surface area contributed by atoms with Crippen LogP contribution in [-0.4, -0.2) is 23.1 Å². The fraction of sp³-hybridized carbons (Fsp3) is 0. The van der Waals surface area contributed by atoms with Gasteiger partial charge in [0.1, 0.15) is 11.6 Å². The van der Waals surface area contributed by atoms with Crippen LogP contribution in [-0.2, 0) is 0 Å². The van der Waals surface area contributed by atoms with Crippen molar-refractivity contribution in [2.24, 2.45) is 0 Å². The summed E-state index contributed by atoms with van der Waals surface area (Å²) in [6, 6.07) is 14.2. The number of ketones is 4. The molecule has 0 saturated heterocycles. The molecule has 0 aliphatic heterocycles. The second-order valence-corrected chi connectivity index (χ2v) is 5.91. The quantitative estimate of drug-likeness (QED) is 0.478. The highest BCUT2D eigenvalue weighted by atomic mass is 19.1. The van der Waals surface area contributed by atoms with Crippen molar-refractivity contribution in [1.82, 2.24) is 0 Å². The van der Waals surface area contributed by atoms with Gasteiger partial charge >= 0.3 is 0 Å². The molecule has 0 N–H and O–H groups in total. The molecule has 3 rings (SSSR count). The number of rotatable bonds is 6. The van der Waals surface area contributed by atoms with Crippen molar-refractivity contribution in [3.8, 4) is 0 Å². The molecule has 3 aromatic carbocycles. The molecule has 28 heavy (non-hydrogen) atoms. The highest BCUT2D eigenvalue weighted by Gasteiger charge is 2.22. The van der Waals surface area contributed by atoms with Gasteiger partial charge in [0.05, 0.1) is 0 Å². The molecule has 6 heteroatoms. The van der Waals surface area contributed by atoms with Gasteiger partial charge in [0.15, 0.2) is 0 Å². The van der Waals surface area contributed by atoms with E-state index in [2.05, 4.69) is 0 Å². The van der Waals surface area contributed by atoms with Crippen LogP contribution in [0.15, 0.2) is 72.8 Å². The zero-order chi connectivity index (χ0) is 20.3. The van der Waals surface area contributed by atoms with Gasteiger partial charge in [-0.05, 0) is 54.6 Å². The van der Waals surface area contributed by atoms with E-state index >= 15 is 0 Å². The Hall–Kier alpha value is -3.80. The molecule has 0 amide bonds. The van der Waals surface area contributed by atoms with Crippen LogP contribution in [0.4, 0.5) is 8.78 Å². The Morgan fingerprint density at radius 1 is 0.464 bits per heavy atom. The second kappa shape index (κ2) is 7.84. The summed E-state index contributed by atoms with van der Waals surface area (Å²) >= 11 is 0. The third-order valence-electron chi connectivity index (χ3n) is 4.01. The Morgan fingerprint density at radius 3 is 1.14 bits per heavy atom. The molecule has 3 aromatic rings. The molecular weight excluding hydrogens is 366 g/mol. The molecule has 0 bridgehead atoms. The summed E-state index contributed by atoms with van der Waals surface area (Å²) in [5.74, 6) is -4.61. The number of carbonyl (C=O) groups is 4. The third-order valence-corrected chi connectivity index (χ3v) is 4.01. The van der Waals surface area contributed by atoms with Crippen molar-refractivity contribution in [2.45, 2.75) is 0 Å². The minimum absolute atomic E-state index is 0.00511. The zero-order valence-electron chi connectivity index (χ0n) is 14.3. The minimum atomic E-state index is -0.893. The lowest BCUT2D eigenvalue weighted by Gasteiger charge is -2.04. The summed E-state index contributed by atoms with van der Waals surface area (Å²) in [6.45, 7) is 0. The van der Waals surface area contributed by atoms with E-state index in [9.17, 15) is 28.0 Å². The van der Waals surface area contributed by atoms with Gasteiger partial charge in [-0.2, -0.15) is 0 Å². The van der Waals surface area contributed by atoms with Crippen LogP contribution in [0, 0.1) is 11.6 Å². The lowest BCUT2D eigenvalue weighted by atomic mass is 9.96. The zero-order valence-corrected chi connectivity index (χ0v) is 14.3. The fourth-order valence-corrected chi connectivity index (χ4v) is 2.53. The van der Waals surface area contributed by atoms with Gasteiger partial charge in [-0.25, -0.2) is 8.78 Å². The second-order valence-electron chi connectivity index (χ2n) is 5.91. The number of hydrogen-bond donors (Lipinski definition) is 0. The lowest BCUT2D eigenvalue weighted by molar-refractivity contribution is 0.0812. The van der Waals surface area contributed by atoms with Crippen molar-refractivity contribution in [1.29, 1.82) is 0 Å². The van der Waals surface area contributed by atoms with Crippen molar-refractivity contribution in [3.05, 3.63) is 107 Å². The van der Waals surface area contributed by atoms with Gasteiger partial charge in [-0.15, -0.1) is 0 Å². The first-order valence-electron chi connectivity index (χ1n) is 8.16. The molecule has 138 valence electrons. The first kappa shape index (κ1) is 19.0. The Labute approximate surface area is 158 Å². The molecule has 0 saturated carbocycles. The maximum Gasteiger partial charge on any atom is 0.233 e. The first-order chi connectivity index (χ1) is 13.4. The van der Waals surface area contributed by atoms with E-state index in [4.69, 9.17) is 0 Å². The molecule has 0 heterocycles. The molecule has 0 unspecified atom stereocenters. The van der Waals surface area contributed by atoms with Gasteiger partial charge in [0.2, 0.25) is 23.1 Å². The number of Topliss-reactive ketones (excluding diaryl/α,β-unsaturated/α-hetero) is 4. The van der Waals surface area contributed by atoms with Crippen LogP contribution in [0.3, 0.4) is 0 Å². The predicted molar refractivity (Wildman–Crippen MR) is 96.6 cm³/mol. The number of benzene rings is 3. The summed E-state index contributed by atoms with van der Waals surface area (Å²) in [7, 11) is 0. The molecule has 0 aliphatic rings. The Kier molecular flexibility index (Phi) is 5.31. The monoisotopic (exact) mass is 378 g/mol. The van der Waals surface area contributed by atoms with E-state index in [-0.39, 0.29) is 22.3 Å². The summed E-state index contributed by atoms with van der Waals surface area (Å²) < 4.78 is 25.9. The molecule has 0 radical (unpaired) electrons. The smallest absolute Gasteiger partial charge is 0.233 e. The minimum Gasteiger partial charge on any atom is -0.285 e. The molecular formula is C22H12F2O4. The predicted octanol–water partition coefficient (Wildman–Crippen LogP) is 4.10. The summed E-state index contributed by atoms with van der Waals surface area (Å²) in [5, 5.41) is 0. The normalized spacial score (nSPS) is 10.4. The largest absolute Gasteiger partial charge is 0.285 e. The number of halogens is 2. The standard InChI is InChI=1S/C22H12F2O4/c23-17-8-4-13(5-9-17)19(25)21(27)15-2-1-3-16(12-15)22(28)20(26)14-6-10-18(24)11-7-14/h1-12H. The van der Waals surface area contributed by atoms with Gasteiger partial charge in [0, 0.05) is 22.3 Å². The molecule has 4 nitrogen and oxygen atoms in total. The van der Waals surface area contributed by atoms with Crippen LogP contribution in [0.2, 0.25) is 0 Å². The fourth-order valence-electron chi connectivity index (χ4n) is 2.53. The SMILES string of the molecule is O=C(C(=O)c1cccc(C(=O)C(=O)c2ccc(F)cc2)c1)c1ccc(F)cc1. The van der Waals surface area contributed by atoms with E-state index < -0.39 is 34.8 Å². The Morgan fingerprint density at radius 2 is 0.786 bits per heavy atom. The van der Waals surface area contributed by atoms with Gasteiger partial charge in [-0.1, -0.05) is 18.2 Å². The van der Waals surface area contributed by atoms with Crippen LogP contribution in [0.25, 0.3) is 0 Å². The first-order valence-corrected chi connectivity index (χ1v) is 8.16. The number of hydrogen-bond acceptors (Lipinski definition) is 4. The van der Waals surface area contributed by atoms with Crippen LogP contribution >= 0.6 is 0 Å². The van der Waals surface area contributed by atoms with Gasteiger partial charge in [0.25, 0.3) is 0 Å². The van der Waals surface area contributed by atoms with E-state index in [1.165, 1.54) is 42.5 Å². The average molecular weight is 378 g/mol. The van der Waals surface area contributed by atoms with Crippen molar-refractivity contribution < 1.29 is 28.0 Å². The summed E-state index contributed by atoms with van der Waals surface area (Å²) in [6.07, 6.45) is 0. The maximum absolute atomic E-state index is 13.0. The van der Waals surface area contributed by atoms with Crippen molar-refractivity contribution >= 4 is 23.1 Å². The Bertz CT molecular complexity index is 1000. The molecule has 0 aliphatic carbocycles. The molecule has 0 fully saturated rings. The average Bonchev–Trinajstić information content (AvgIpc) is 2.73. The maximum atomic E-state index is 13.0. The van der Waals surface area contributed by atoms with Crippen molar-refractivity contribution in [3.63, 3.8) is 0 Å². The molecule has 0 aromatic heterocycles. The van der Waals surface area contributed by atoms with Crippen LogP contribution < -0.4 is 0 Å². The highest BCUT2D eigenvalue weighted by molar-refractivity contribution is 6.51. The highest BCUT2D eigenvalue weighted by Crippen LogP contribution is 2.14. The van der Waals surface area contributed by atoms with E-state index in [1.54, 1.807) is 0 Å². The van der Waals surface area contributed by atoms with Crippen LogP contribution in [0.1, 0.15) is 41.4 Å². The van der Waals surface area contributed by atoms with E-state index in [1.807, 2.05) is 0 Å². The Balaban J connectivity index is 1.85. The molecule has 0 atom stereocenters. The van der Waals surface area contributed by atoms with E-state index in [0.717, 1.165) is 30.3 Å². The molecule has 0 spiro atoms. The summed E-state index contributed by atoms with van der Waals surface area (Å²) in [5.41, 5.74) is -0.143. The topological polar surface area (TPSA) is 68.3 Å². The van der Waals surface area contributed by atoms with Gasteiger partial charge in [-0.3, -0.25) is 19.2 Å². The lowest BCUT2D eigenvalue weighted by Crippen LogP contribution is -2.17. The van der Waals surface area contributed by atoms with E-state index in [0.29, 0.717) is 0 Å². The van der Waals surface area contributed by atoms with Crippen molar-refractivity contribution in [2.75, 3.05) is 0 Å². The summed E-state index contributed by atoms with van der Waals surface area (Å²) in [4.78, 5) is 49.3. The third kappa shape index (κ3) is 3.96. The van der Waals surface area contributed by atoms with Gasteiger partial charge < -0.3 is 0 Å².